The van der Waals surface area contributed by atoms with Crippen molar-refractivity contribution in [2.75, 3.05) is 0 Å². The number of rotatable bonds is 4. The zero-order valence-electron chi connectivity index (χ0n) is 10.9. The van der Waals surface area contributed by atoms with Gasteiger partial charge in [-0.1, -0.05) is 0 Å². The maximum Gasteiger partial charge on any atom is 0.308 e. The normalized spacial score (nSPS) is 10.4. The third kappa shape index (κ3) is 3.22. The van der Waals surface area contributed by atoms with Crippen molar-refractivity contribution in [3.8, 4) is 0 Å². The molecule has 0 atom stereocenters. The maximum atomic E-state index is 13.8. The molecular formula is C13H10F2N2O4. The number of hydrogen-bond donors (Lipinski definition) is 1. The Kier molecular flexibility index (Phi) is 3.97. The van der Waals surface area contributed by atoms with Gasteiger partial charge in [-0.2, -0.15) is 4.39 Å². The summed E-state index contributed by atoms with van der Waals surface area (Å²) in [7, 11) is 0. The highest BCUT2D eigenvalue weighted by Crippen LogP contribution is 2.22. The molecule has 110 valence electrons. The summed E-state index contributed by atoms with van der Waals surface area (Å²) in [5.41, 5.74) is -1.82. The molecule has 0 spiro atoms. The van der Waals surface area contributed by atoms with Crippen LogP contribution >= 0.6 is 0 Å². The van der Waals surface area contributed by atoms with E-state index in [1.807, 2.05) is 0 Å². The third-order valence-electron chi connectivity index (χ3n) is 2.68. The van der Waals surface area contributed by atoms with Gasteiger partial charge in [0.1, 0.15) is 17.3 Å². The summed E-state index contributed by atoms with van der Waals surface area (Å²) >= 11 is 0. The molecule has 1 aromatic carbocycles. The number of nitro benzene ring substituents is 1. The monoisotopic (exact) mass is 296 g/mol. The fourth-order valence-electron chi connectivity index (χ4n) is 1.72. The van der Waals surface area contributed by atoms with Gasteiger partial charge in [0.15, 0.2) is 0 Å². The van der Waals surface area contributed by atoms with Gasteiger partial charge >= 0.3 is 5.69 Å². The van der Waals surface area contributed by atoms with Crippen LogP contribution < -0.4 is 5.32 Å². The van der Waals surface area contributed by atoms with Crippen molar-refractivity contribution in [3.63, 3.8) is 0 Å². The second kappa shape index (κ2) is 5.70. The van der Waals surface area contributed by atoms with E-state index in [1.165, 1.54) is 0 Å². The van der Waals surface area contributed by atoms with Gasteiger partial charge < -0.3 is 9.73 Å². The SMILES string of the molecule is Cc1ccc(CNC(=O)c2cc(F)cc([N+](=O)[O-])c2F)o1. The van der Waals surface area contributed by atoms with E-state index in [1.54, 1.807) is 19.1 Å². The van der Waals surface area contributed by atoms with Gasteiger partial charge in [0.05, 0.1) is 23.1 Å². The fraction of sp³-hybridized carbons (Fsp3) is 0.154. The molecular weight excluding hydrogens is 286 g/mol. The molecule has 0 radical (unpaired) electrons. The molecule has 2 rings (SSSR count). The number of furan rings is 1. The summed E-state index contributed by atoms with van der Waals surface area (Å²) in [6, 6.07) is 4.31. The molecule has 0 bridgehead atoms. The second-order valence-corrected chi connectivity index (χ2v) is 4.24. The van der Waals surface area contributed by atoms with Gasteiger partial charge in [0.25, 0.3) is 5.91 Å². The van der Waals surface area contributed by atoms with Crippen molar-refractivity contribution in [2.45, 2.75) is 13.5 Å². The first-order valence-electron chi connectivity index (χ1n) is 5.85. The first kappa shape index (κ1) is 14.6. The van der Waals surface area contributed by atoms with Crippen LogP contribution in [0, 0.1) is 28.7 Å². The van der Waals surface area contributed by atoms with Crippen LogP contribution in [0.2, 0.25) is 0 Å². The molecule has 21 heavy (non-hydrogen) atoms. The van der Waals surface area contributed by atoms with Crippen LogP contribution in [-0.2, 0) is 6.54 Å². The standard InChI is InChI=1S/C13H10F2N2O4/c1-7-2-3-9(21-7)6-16-13(18)10-4-8(14)5-11(12(10)15)17(19)20/h2-5H,6H2,1H3,(H,16,18). The summed E-state index contributed by atoms with van der Waals surface area (Å²) in [5.74, 6) is -2.36. The molecule has 0 aliphatic rings. The minimum atomic E-state index is -1.38. The average molecular weight is 296 g/mol. The summed E-state index contributed by atoms with van der Waals surface area (Å²) in [5, 5.41) is 12.9. The van der Waals surface area contributed by atoms with Gasteiger partial charge in [-0.3, -0.25) is 14.9 Å². The number of benzene rings is 1. The maximum absolute atomic E-state index is 13.8. The number of nitrogens with zero attached hydrogens (tertiary/aromatic N) is 1. The van der Waals surface area contributed by atoms with Crippen LogP contribution in [0.15, 0.2) is 28.7 Å². The molecule has 0 saturated heterocycles. The Morgan fingerprint density at radius 3 is 2.67 bits per heavy atom. The molecule has 1 heterocycles. The quantitative estimate of drug-likeness (QED) is 0.694. The predicted octanol–water partition coefficient (Wildman–Crippen LogP) is 2.70. The number of nitro groups is 1. The summed E-state index contributed by atoms with van der Waals surface area (Å²) in [6.45, 7) is 1.66. The van der Waals surface area contributed by atoms with E-state index >= 15 is 0 Å². The van der Waals surface area contributed by atoms with E-state index in [9.17, 15) is 23.7 Å². The van der Waals surface area contributed by atoms with Crippen LogP contribution in [0.1, 0.15) is 21.9 Å². The fourth-order valence-corrected chi connectivity index (χ4v) is 1.72. The number of halogens is 2. The topological polar surface area (TPSA) is 85.4 Å². The molecule has 1 N–H and O–H groups in total. The molecule has 0 unspecified atom stereocenters. The first-order valence-corrected chi connectivity index (χ1v) is 5.85. The molecule has 0 fully saturated rings. The minimum absolute atomic E-state index is 0.0452. The van der Waals surface area contributed by atoms with Crippen LogP contribution in [0.5, 0.6) is 0 Å². The van der Waals surface area contributed by atoms with Crippen molar-refractivity contribution < 1.29 is 22.9 Å². The lowest BCUT2D eigenvalue weighted by atomic mass is 10.1. The lowest BCUT2D eigenvalue weighted by molar-refractivity contribution is -0.387. The van der Waals surface area contributed by atoms with Gasteiger partial charge in [0.2, 0.25) is 5.82 Å². The highest BCUT2D eigenvalue weighted by atomic mass is 19.1. The zero-order valence-corrected chi connectivity index (χ0v) is 10.9. The third-order valence-corrected chi connectivity index (χ3v) is 2.68. The number of amides is 1. The largest absolute Gasteiger partial charge is 0.465 e. The lowest BCUT2D eigenvalue weighted by Crippen LogP contribution is -2.24. The number of aryl methyl sites for hydroxylation is 1. The molecule has 2 aromatic rings. The molecule has 1 amide bonds. The molecule has 0 aliphatic carbocycles. The minimum Gasteiger partial charge on any atom is -0.465 e. The zero-order chi connectivity index (χ0) is 15.6. The van der Waals surface area contributed by atoms with Crippen molar-refractivity contribution in [1.82, 2.24) is 5.32 Å². The van der Waals surface area contributed by atoms with Crippen molar-refractivity contribution in [2.24, 2.45) is 0 Å². The smallest absolute Gasteiger partial charge is 0.308 e. The highest BCUT2D eigenvalue weighted by Gasteiger charge is 2.24. The van der Waals surface area contributed by atoms with Crippen LogP contribution in [0.4, 0.5) is 14.5 Å². The average Bonchev–Trinajstić information content (AvgIpc) is 2.83. The molecule has 0 saturated carbocycles. The lowest BCUT2D eigenvalue weighted by Gasteiger charge is -2.05. The Morgan fingerprint density at radius 1 is 1.38 bits per heavy atom. The van der Waals surface area contributed by atoms with E-state index < -0.39 is 33.7 Å². The number of carbonyl (C=O) groups is 1. The van der Waals surface area contributed by atoms with Crippen LogP contribution in [-0.4, -0.2) is 10.8 Å². The van der Waals surface area contributed by atoms with Gasteiger partial charge in [-0.15, -0.1) is 0 Å². The number of carbonyl (C=O) groups excluding carboxylic acids is 1. The Labute approximate surface area is 117 Å². The Hall–Kier alpha value is -2.77. The first-order chi connectivity index (χ1) is 9.88. The number of hydrogen-bond acceptors (Lipinski definition) is 4. The molecule has 6 nitrogen and oxygen atoms in total. The van der Waals surface area contributed by atoms with E-state index in [0.29, 0.717) is 23.7 Å². The van der Waals surface area contributed by atoms with E-state index in [4.69, 9.17) is 4.42 Å². The summed E-state index contributed by atoms with van der Waals surface area (Å²) in [6.07, 6.45) is 0. The van der Waals surface area contributed by atoms with Crippen molar-refractivity contribution >= 4 is 11.6 Å². The van der Waals surface area contributed by atoms with Crippen molar-refractivity contribution in [1.29, 1.82) is 0 Å². The van der Waals surface area contributed by atoms with E-state index in [-0.39, 0.29) is 6.54 Å². The second-order valence-electron chi connectivity index (χ2n) is 4.24. The molecule has 0 aliphatic heterocycles. The van der Waals surface area contributed by atoms with Crippen LogP contribution in [0.3, 0.4) is 0 Å². The van der Waals surface area contributed by atoms with Gasteiger partial charge in [0, 0.05) is 0 Å². The predicted molar refractivity (Wildman–Crippen MR) is 67.6 cm³/mol. The van der Waals surface area contributed by atoms with Crippen molar-refractivity contribution in [3.05, 3.63) is 63.1 Å². The Morgan fingerprint density at radius 2 is 2.10 bits per heavy atom. The molecule has 1 aromatic heterocycles. The Bertz CT molecular complexity index is 712. The van der Waals surface area contributed by atoms with E-state index in [2.05, 4.69) is 5.32 Å². The summed E-state index contributed by atoms with van der Waals surface area (Å²) < 4.78 is 32.2. The van der Waals surface area contributed by atoms with Gasteiger partial charge in [-0.25, -0.2) is 4.39 Å². The van der Waals surface area contributed by atoms with Gasteiger partial charge in [-0.05, 0) is 25.1 Å². The van der Waals surface area contributed by atoms with E-state index in [0.717, 1.165) is 0 Å². The molecule has 8 heteroatoms. The van der Waals surface area contributed by atoms with Crippen LogP contribution in [0.25, 0.3) is 0 Å². The highest BCUT2D eigenvalue weighted by molar-refractivity contribution is 5.95. The number of nitrogens with one attached hydrogen (secondary N) is 1. The Balaban J connectivity index is 2.21. The summed E-state index contributed by atoms with van der Waals surface area (Å²) in [4.78, 5) is 21.3.